The van der Waals surface area contributed by atoms with Crippen molar-refractivity contribution in [2.24, 2.45) is 11.8 Å². The van der Waals surface area contributed by atoms with E-state index in [1.165, 1.54) is 25.7 Å². The van der Waals surface area contributed by atoms with Gasteiger partial charge in [-0.1, -0.05) is 11.3 Å². The molecule has 3 aliphatic rings. The number of morpholine rings is 1. The number of hydrogen-bond acceptors (Lipinski definition) is 8. The highest BCUT2D eigenvalue weighted by Gasteiger charge is 2.30. The summed E-state index contributed by atoms with van der Waals surface area (Å²) in [6.07, 6.45) is 6.66. The van der Waals surface area contributed by atoms with Gasteiger partial charge in [-0.15, -0.1) is 0 Å². The van der Waals surface area contributed by atoms with Gasteiger partial charge in [0.2, 0.25) is 0 Å². The molecule has 3 aliphatic heterocycles. The summed E-state index contributed by atoms with van der Waals surface area (Å²) in [6, 6.07) is 0. The maximum absolute atomic E-state index is 5.57. The maximum atomic E-state index is 5.57. The van der Waals surface area contributed by atoms with Crippen molar-refractivity contribution in [3.05, 3.63) is 6.33 Å². The van der Waals surface area contributed by atoms with Crippen LogP contribution in [0.15, 0.2) is 6.33 Å². The molecule has 5 rings (SSSR count). The number of anilines is 2. The predicted molar refractivity (Wildman–Crippen MR) is 107 cm³/mol. The van der Waals surface area contributed by atoms with Crippen molar-refractivity contribution in [1.82, 2.24) is 15.0 Å². The standard InChI is InChI=1S/C19H27N5O2S/c1-2-15(14-3-8-25-9-4-14)12-24(5-1)18-16-17(20-13-21-18)22-19(27-16)23-6-10-26-11-7-23/h13-15H,1-12H2. The van der Waals surface area contributed by atoms with Gasteiger partial charge in [0.15, 0.2) is 16.6 Å². The zero-order valence-corrected chi connectivity index (χ0v) is 16.5. The second-order valence-electron chi connectivity index (χ2n) is 7.74. The third-order valence-corrected chi connectivity index (χ3v) is 7.23. The number of thiazole rings is 1. The first-order valence-corrected chi connectivity index (χ1v) is 11.0. The monoisotopic (exact) mass is 389 g/mol. The van der Waals surface area contributed by atoms with Crippen molar-refractivity contribution in [3.8, 4) is 0 Å². The highest BCUT2D eigenvalue weighted by Crippen LogP contribution is 2.37. The van der Waals surface area contributed by atoms with E-state index in [0.717, 1.165) is 85.7 Å². The third kappa shape index (κ3) is 3.62. The Balaban J connectivity index is 1.39. The zero-order valence-electron chi connectivity index (χ0n) is 15.7. The van der Waals surface area contributed by atoms with Crippen LogP contribution in [-0.4, -0.2) is 67.6 Å². The van der Waals surface area contributed by atoms with Crippen molar-refractivity contribution < 1.29 is 9.47 Å². The van der Waals surface area contributed by atoms with Gasteiger partial charge in [0, 0.05) is 39.4 Å². The van der Waals surface area contributed by atoms with Gasteiger partial charge in [0.1, 0.15) is 11.0 Å². The minimum absolute atomic E-state index is 0.749. The van der Waals surface area contributed by atoms with Gasteiger partial charge in [-0.3, -0.25) is 0 Å². The molecule has 8 heteroatoms. The normalized spacial score (nSPS) is 25.3. The van der Waals surface area contributed by atoms with E-state index >= 15 is 0 Å². The SMILES string of the molecule is c1nc(N2CCCC(C3CCOCC3)C2)c2sc(N3CCOCC3)nc2n1. The van der Waals surface area contributed by atoms with E-state index in [0.29, 0.717) is 0 Å². The largest absolute Gasteiger partial charge is 0.381 e. The summed E-state index contributed by atoms with van der Waals surface area (Å²) in [4.78, 5) is 18.7. The van der Waals surface area contributed by atoms with Crippen LogP contribution in [-0.2, 0) is 9.47 Å². The van der Waals surface area contributed by atoms with Crippen LogP contribution in [0.4, 0.5) is 10.9 Å². The fourth-order valence-electron chi connectivity index (χ4n) is 4.62. The van der Waals surface area contributed by atoms with Gasteiger partial charge in [-0.2, -0.15) is 4.98 Å². The van der Waals surface area contributed by atoms with E-state index < -0.39 is 0 Å². The molecular formula is C19H27N5O2S. The van der Waals surface area contributed by atoms with E-state index in [4.69, 9.17) is 14.5 Å². The number of nitrogens with zero attached hydrogens (tertiary/aromatic N) is 5. The van der Waals surface area contributed by atoms with Crippen LogP contribution in [0, 0.1) is 11.8 Å². The number of ether oxygens (including phenoxy) is 2. The first-order chi connectivity index (χ1) is 13.4. The second kappa shape index (κ2) is 7.85. The molecule has 1 atom stereocenters. The molecule has 0 bridgehead atoms. The molecule has 0 radical (unpaired) electrons. The van der Waals surface area contributed by atoms with E-state index in [9.17, 15) is 0 Å². The first-order valence-electron chi connectivity index (χ1n) is 10.2. The number of fused-ring (bicyclic) bond motifs is 1. The van der Waals surface area contributed by atoms with Crippen LogP contribution in [0.2, 0.25) is 0 Å². The minimum atomic E-state index is 0.749. The van der Waals surface area contributed by atoms with E-state index in [1.807, 2.05) is 0 Å². The lowest BCUT2D eigenvalue weighted by Crippen LogP contribution is -2.40. The molecule has 2 aromatic rings. The molecule has 146 valence electrons. The van der Waals surface area contributed by atoms with Gasteiger partial charge < -0.3 is 19.3 Å². The average Bonchev–Trinajstić information content (AvgIpc) is 3.20. The number of rotatable bonds is 3. The topological polar surface area (TPSA) is 63.6 Å². The van der Waals surface area contributed by atoms with Gasteiger partial charge in [-0.05, 0) is 37.5 Å². The Hall–Kier alpha value is -1.51. The Bertz CT molecular complexity index is 773. The molecule has 0 N–H and O–H groups in total. The van der Waals surface area contributed by atoms with Crippen molar-refractivity contribution in [1.29, 1.82) is 0 Å². The van der Waals surface area contributed by atoms with Gasteiger partial charge in [0.25, 0.3) is 0 Å². The Kier molecular flexibility index (Phi) is 5.11. The summed E-state index contributed by atoms with van der Waals surface area (Å²) in [5.41, 5.74) is 0.833. The van der Waals surface area contributed by atoms with Crippen molar-refractivity contribution in [2.45, 2.75) is 25.7 Å². The number of aromatic nitrogens is 3. The predicted octanol–water partition coefficient (Wildman–Crippen LogP) is 2.57. The smallest absolute Gasteiger partial charge is 0.188 e. The summed E-state index contributed by atoms with van der Waals surface area (Å²) in [6.45, 7) is 7.38. The second-order valence-corrected chi connectivity index (χ2v) is 8.72. The average molecular weight is 390 g/mol. The quantitative estimate of drug-likeness (QED) is 0.799. The van der Waals surface area contributed by atoms with Crippen LogP contribution in [0.5, 0.6) is 0 Å². The summed E-state index contributed by atoms with van der Waals surface area (Å²) in [5, 5.41) is 1.05. The van der Waals surface area contributed by atoms with Crippen molar-refractivity contribution in [2.75, 3.05) is 62.4 Å². The van der Waals surface area contributed by atoms with Crippen molar-refractivity contribution >= 4 is 32.6 Å². The number of hydrogen-bond donors (Lipinski definition) is 0. The summed E-state index contributed by atoms with van der Waals surface area (Å²) < 4.78 is 12.2. The Morgan fingerprint density at radius 3 is 2.56 bits per heavy atom. The highest BCUT2D eigenvalue weighted by atomic mass is 32.1. The molecule has 2 aromatic heterocycles. The number of piperidine rings is 1. The third-order valence-electron chi connectivity index (χ3n) is 6.13. The summed E-state index contributed by atoms with van der Waals surface area (Å²) >= 11 is 1.73. The van der Waals surface area contributed by atoms with Gasteiger partial charge in [0.05, 0.1) is 13.2 Å². The van der Waals surface area contributed by atoms with Gasteiger partial charge >= 0.3 is 0 Å². The molecule has 1 unspecified atom stereocenters. The Morgan fingerprint density at radius 2 is 1.70 bits per heavy atom. The van der Waals surface area contributed by atoms with E-state index in [-0.39, 0.29) is 0 Å². The minimum Gasteiger partial charge on any atom is -0.381 e. The maximum Gasteiger partial charge on any atom is 0.188 e. The van der Waals surface area contributed by atoms with Crippen LogP contribution in [0.3, 0.4) is 0 Å². The lowest BCUT2D eigenvalue weighted by Gasteiger charge is -2.39. The molecule has 0 aromatic carbocycles. The molecule has 3 saturated heterocycles. The lowest BCUT2D eigenvalue weighted by atomic mass is 9.81. The van der Waals surface area contributed by atoms with E-state index in [2.05, 4.69) is 19.8 Å². The van der Waals surface area contributed by atoms with Crippen LogP contribution < -0.4 is 9.80 Å². The molecule has 27 heavy (non-hydrogen) atoms. The van der Waals surface area contributed by atoms with Crippen LogP contribution >= 0.6 is 11.3 Å². The van der Waals surface area contributed by atoms with Gasteiger partial charge in [-0.25, -0.2) is 9.97 Å². The summed E-state index contributed by atoms with van der Waals surface area (Å²) in [5.74, 6) is 2.62. The fraction of sp³-hybridized carbons (Fsp3) is 0.737. The lowest BCUT2D eigenvalue weighted by molar-refractivity contribution is 0.0437. The highest BCUT2D eigenvalue weighted by molar-refractivity contribution is 7.22. The molecule has 0 aliphatic carbocycles. The molecule has 5 heterocycles. The molecule has 7 nitrogen and oxygen atoms in total. The molecule has 0 spiro atoms. The summed E-state index contributed by atoms with van der Waals surface area (Å²) in [7, 11) is 0. The van der Waals surface area contributed by atoms with E-state index in [1.54, 1.807) is 17.7 Å². The molecule has 0 amide bonds. The Labute approximate surface area is 163 Å². The fourth-order valence-corrected chi connectivity index (χ4v) is 5.71. The first kappa shape index (κ1) is 17.6. The van der Waals surface area contributed by atoms with Crippen molar-refractivity contribution in [3.63, 3.8) is 0 Å². The zero-order chi connectivity index (χ0) is 18.1. The van der Waals surface area contributed by atoms with Crippen LogP contribution in [0.25, 0.3) is 10.3 Å². The molecule has 3 fully saturated rings. The Morgan fingerprint density at radius 1 is 0.889 bits per heavy atom. The molecule has 0 saturated carbocycles. The molecular weight excluding hydrogens is 362 g/mol. The van der Waals surface area contributed by atoms with Crippen LogP contribution in [0.1, 0.15) is 25.7 Å².